The zero-order valence-corrected chi connectivity index (χ0v) is 9.62. The Balaban J connectivity index is 2.18. The predicted octanol–water partition coefficient (Wildman–Crippen LogP) is 1.64. The van der Waals surface area contributed by atoms with Crippen LogP contribution in [0.3, 0.4) is 0 Å². The van der Waals surface area contributed by atoms with Gasteiger partial charge in [-0.25, -0.2) is 0 Å². The highest BCUT2D eigenvalue weighted by Gasteiger charge is 2.04. The fourth-order valence-corrected chi connectivity index (χ4v) is 2.59. The number of halogens is 1. The molecule has 0 atom stereocenters. The predicted molar refractivity (Wildman–Crippen MR) is 57.1 cm³/mol. The van der Waals surface area contributed by atoms with Gasteiger partial charge in [0.15, 0.2) is 5.82 Å². The van der Waals surface area contributed by atoms with Crippen LogP contribution in [0.15, 0.2) is 22.2 Å². The third-order valence-electron chi connectivity index (χ3n) is 1.79. The lowest BCUT2D eigenvalue weighted by atomic mass is 10.4. The number of thiophene rings is 1. The minimum absolute atomic E-state index is 0.0768. The van der Waals surface area contributed by atoms with Crippen molar-refractivity contribution >= 4 is 27.3 Å². The zero-order chi connectivity index (χ0) is 9.97. The summed E-state index contributed by atoms with van der Waals surface area (Å²) in [6, 6.07) is 2.05. The first-order chi connectivity index (χ1) is 6.79. The number of hydrogen-bond acceptors (Lipinski definition) is 4. The summed E-state index contributed by atoms with van der Waals surface area (Å²) in [5.74, 6) is 0.592. The van der Waals surface area contributed by atoms with E-state index < -0.39 is 0 Å². The lowest BCUT2D eigenvalue weighted by Gasteiger charge is -2.01. The molecule has 0 radical (unpaired) electrons. The molecule has 0 aliphatic carbocycles. The molecule has 0 unspecified atom stereocenters. The third-order valence-corrected chi connectivity index (χ3v) is 3.47. The summed E-state index contributed by atoms with van der Waals surface area (Å²) in [5, 5.41) is 18.5. The van der Waals surface area contributed by atoms with Gasteiger partial charge >= 0.3 is 0 Å². The van der Waals surface area contributed by atoms with Crippen molar-refractivity contribution in [3.63, 3.8) is 0 Å². The highest BCUT2D eigenvalue weighted by Crippen LogP contribution is 2.20. The van der Waals surface area contributed by atoms with Gasteiger partial charge in [0, 0.05) is 14.7 Å². The van der Waals surface area contributed by atoms with Crippen LogP contribution in [0.2, 0.25) is 0 Å². The molecule has 0 saturated heterocycles. The normalized spacial score (nSPS) is 10.7. The fourth-order valence-electron chi connectivity index (χ4n) is 1.14. The first-order valence-corrected chi connectivity index (χ1v) is 5.67. The Kier molecular flexibility index (Phi) is 2.95. The van der Waals surface area contributed by atoms with Gasteiger partial charge in [0.25, 0.3) is 0 Å². The van der Waals surface area contributed by atoms with Crippen molar-refractivity contribution in [1.29, 1.82) is 0 Å². The minimum atomic E-state index is -0.0768. The van der Waals surface area contributed by atoms with Crippen molar-refractivity contribution in [3.05, 3.63) is 32.9 Å². The second-order valence-electron chi connectivity index (χ2n) is 2.76. The third kappa shape index (κ3) is 2.02. The molecule has 0 spiro atoms. The van der Waals surface area contributed by atoms with Gasteiger partial charge < -0.3 is 9.67 Å². The van der Waals surface area contributed by atoms with Crippen molar-refractivity contribution in [2.24, 2.45) is 0 Å². The van der Waals surface area contributed by atoms with Crippen LogP contribution < -0.4 is 0 Å². The number of aliphatic hydroxyl groups excluding tert-OH is 1. The smallest absolute Gasteiger partial charge is 0.158 e. The first-order valence-electron chi connectivity index (χ1n) is 4.00. The molecule has 2 aromatic rings. The average molecular weight is 274 g/mol. The molecule has 0 aliphatic rings. The lowest BCUT2D eigenvalue weighted by Crippen LogP contribution is -2.02. The van der Waals surface area contributed by atoms with Crippen molar-refractivity contribution in [2.45, 2.75) is 13.2 Å². The molecule has 14 heavy (non-hydrogen) atoms. The highest BCUT2D eigenvalue weighted by atomic mass is 79.9. The maximum Gasteiger partial charge on any atom is 0.158 e. The molecule has 4 nitrogen and oxygen atoms in total. The Morgan fingerprint density at radius 3 is 3.07 bits per heavy atom. The van der Waals surface area contributed by atoms with Crippen LogP contribution >= 0.6 is 27.3 Å². The second kappa shape index (κ2) is 4.20. The summed E-state index contributed by atoms with van der Waals surface area (Å²) in [6.45, 7) is 0.631. The summed E-state index contributed by atoms with van der Waals surface area (Å²) in [7, 11) is 0. The molecule has 0 bridgehead atoms. The number of rotatable bonds is 3. The summed E-state index contributed by atoms with van der Waals surface area (Å²) in [5.41, 5.74) is 0. The van der Waals surface area contributed by atoms with Crippen molar-refractivity contribution < 1.29 is 5.11 Å². The Morgan fingerprint density at radius 1 is 1.57 bits per heavy atom. The summed E-state index contributed by atoms with van der Waals surface area (Å²) >= 11 is 5.05. The van der Waals surface area contributed by atoms with Gasteiger partial charge in [0.2, 0.25) is 0 Å². The van der Waals surface area contributed by atoms with Crippen molar-refractivity contribution in [1.82, 2.24) is 14.8 Å². The second-order valence-corrected chi connectivity index (χ2v) is 4.68. The molecule has 0 amide bonds. The number of hydrogen-bond donors (Lipinski definition) is 1. The minimum Gasteiger partial charge on any atom is -0.388 e. The molecule has 1 N–H and O–H groups in total. The molecule has 0 aromatic carbocycles. The Labute approximate surface area is 93.3 Å². The summed E-state index contributed by atoms with van der Waals surface area (Å²) < 4.78 is 2.91. The van der Waals surface area contributed by atoms with E-state index in [1.165, 1.54) is 4.88 Å². The van der Waals surface area contributed by atoms with Gasteiger partial charge in [0.1, 0.15) is 12.9 Å². The monoisotopic (exact) mass is 273 g/mol. The largest absolute Gasteiger partial charge is 0.388 e. The van der Waals surface area contributed by atoms with Crippen LogP contribution in [0.4, 0.5) is 0 Å². The van der Waals surface area contributed by atoms with E-state index in [0.29, 0.717) is 12.4 Å². The molecule has 6 heteroatoms. The topological polar surface area (TPSA) is 50.9 Å². The van der Waals surface area contributed by atoms with E-state index in [4.69, 9.17) is 5.11 Å². The van der Waals surface area contributed by atoms with E-state index in [1.54, 1.807) is 17.7 Å². The summed E-state index contributed by atoms with van der Waals surface area (Å²) in [6.07, 6.45) is 1.62. The van der Waals surface area contributed by atoms with Gasteiger partial charge in [-0.15, -0.1) is 21.5 Å². The number of aliphatic hydroxyl groups is 1. The molecule has 0 aliphatic heterocycles. The quantitative estimate of drug-likeness (QED) is 0.925. The van der Waals surface area contributed by atoms with E-state index in [2.05, 4.69) is 26.1 Å². The Morgan fingerprint density at radius 2 is 2.43 bits per heavy atom. The van der Waals surface area contributed by atoms with E-state index in [1.807, 2.05) is 16.0 Å². The van der Waals surface area contributed by atoms with Gasteiger partial charge in [-0.2, -0.15) is 0 Å². The van der Waals surface area contributed by atoms with Crippen LogP contribution in [0.5, 0.6) is 0 Å². The van der Waals surface area contributed by atoms with Crippen LogP contribution in [-0.2, 0) is 13.2 Å². The first kappa shape index (κ1) is 9.82. The van der Waals surface area contributed by atoms with Crippen LogP contribution in [0.25, 0.3) is 0 Å². The maximum absolute atomic E-state index is 8.96. The van der Waals surface area contributed by atoms with Crippen molar-refractivity contribution in [2.75, 3.05) is 0 Å². The molecule has 2 rings (SSSR count). The molecule has 2 heterocycles. The number of nitrogens with zero attached hydrogens (tertiary/aromatic N) is 3. The molecular weight excluding hydrogens is 266 g/mol. The van der Waals surface area contributed by atoms with Gasteiger partial charge in [0.05, 0.1) is 6.54 Å². The SMILES string of the molecule is OCc1nncn1Cc1cc(Br)cs1. The summed E-state index contributed by atoms with van der Waals surface area (Å²) in [4.78, 5) is 1.20. The van der Waals surface area contributed by atoms with E-state index in [9.17, 15) is 0 Å². The Bertz CT molecular complexity index is 426. The van der Waals surface area contributed by atoms with Gasteiger partial charge in [-0.1, -0.05) is 0 Å². The molecular formula is C8H8BrN3OS. The van der Waals surface area contributed by atoms with Crippen LogP contribution in [-0.4, -0.2) is 19.9 Å². The van der Waals surface area contributed by atoms with Crippen LogP contribution in [0.1, 0.15) is 10.7 Å². The van der Waals surface area contributed by atoms with Gasteiger partial charge in [-0.3, -0.25) is 0 Å². The lowest BCUT2D eigenvalue weighted by molar-refractivity contribution is 0.265. The molecule has 0 fully saturated rings. The average Bonchev–Trinajstić information content (AvgIpc) is 2.76. The van der Waals surface area contributed by atoms with Gasteiger partial charge in [-0.05, 0) is 22.0 Å². The van der Waals surface area contributed by atoms with Crippen molar-refractivity contribution in [3.8, 4) is 0 Å². The number of aromatic nitrogens is 3. The zero-order valence-electron chi connectivity index (χ0n) is 7.22. The van der Waals surface area contributed by atoms with E-state index in [0.717, 1.165) is 4.47 Å². The van der Waals surface area contributed by atoms with E-state index >= 15 is 0 Å². The fraction of sp³-hybridized carbons (Fsp3) is 0.250. The van der Waals surface area contributed by atoms with E-state index in [-0.39, 0.29) is 6.61 Å². The molecule has 2 aromatic heterocycles. The maximum atomic E-state index is 8.96. The molecule has 0 saturated carbocycles. The highest BCUT2D eigenvalue weighted by molar-refractivity contribution is 9.10. The van der Waals surface area contributed by atoms with Crippen LogP contribution in [0, 0.1) is 0 Å². The Hall–Kier alpha value is -0.720. The molecule has 74 valence electrons. The standard InChI is InChI=1S/C8H8BrN3OS/c9-6-1-7(14-4-6)2-12-5-10-11-8(12)3-13/h1,4-5,13H,2-3H2.